The van der Waals surface area contributed by atoms with E-state index < -0.39 is 0 Å². The van der Waals surface area contributed by atoms with Gasteiger partial charge in [0.25, 0.3) is 0 Å². The Balaban J connectivity index is 0.00000312. The van der Waals surface area contributed by atoms with Crippen LogP contribution in [0.25, 0.3) is 0 Å². The average molecular weight is 406 g/mol. The predicted octanol–water partition coefficient (Wildman–Crippen LogP) is 5.41. The number of nitrogens with one attached hydrogen (secondary N) is 1. The molecule has 3 N–H and O–H groups in total. The van der Waals surface area contributed by atoms with E-state index in [4.69, 9.17) is 33.7 Å². The minimum absolute atomic E-state index is 0. The van der Waals surface area contributed by atoms with E-state index >= 15 is 0 Å². The summed E-state index contributed by atoms with van der Waals surface area (Å²) in [6, 6.07) is 5.75. The first-order valence-corrected chi connectivity index (χ1v) is 9.06. The molecule has 0 amide bonds. The van der Waals surface area contributed by atoms with Gasteiger partial charge in [0, 0.05) is 18.4 Å². The van der Waals surface area contributed by atoms with Gasteiger partial charge >= 0.3 is 0 Å². The van der Waals surface area contributed by atoms with E-state index in [2.05, 4.69) is 25.7 Å². The molecule has 1 aliphatic heterocycles. The van der Waals surface area contributed by atoms with Crippen molar-refractivity contribution in [1.29, 1.82) is 0 Å². The van der Waals surface area contributed by atoms with Crippen LogP contribution in [-0.4, -0.2) is 12.8 Å². The molecule has 0 saturated heterocycles. The maximum atomic E-state index is 6.21. The minimum Gasteiger partial charge on any atom is -0.477 e. The molecule has 0 fully saturated rings. The molecular formula is C19H27Cl3N2O. The van der Waals surface area contributed by atoms with Crippen molar-refractivity contribution in [2.24, 2.45) is 11.7 Å². The van der Waals surface area contributed by atoms with Gasteiger partial charge in [-0.3, -0.25) is 0 Å². The van der Waals surface area contributed by atoms with E-state index in [1.165, 1.54) is 0 Å². The molecule has 0 saturated carbocycles. The van der Waals surface area contributed by atoms with E-state index in [0.717, 1.165) is 30.5 Å². The summed E-state index contributed by atoms with van der Waals surface area (Å²) in [4.78, 5) is 0. The topological polar surface area (TPSA) is 47.3 Å². The zero-order valence-corrected chi connectivity index (χ0v) is 17.1. The third kappa shape index (κ3) is 5.30. The van der Waals surface area contributed by atoms with Gasteiger partial charge in [0.05, 0.1) is 15.7 Å². The summed E-state index contributed by atoms with van der Waals surface area (Å²) in [5, 5.41) is 4.53. The molecule has 0 bridgehead atoms. The van der Waals surface area contributed by atoms with Gasteiger partial charge in [0.1, 0.15) is 6.26 Å². The average Bonchev–Trinajstić information content (AvgIpc) is 3.03. The predicted molar refractivity (Wildman–Crippen MR) is 109 cm³/mol. The van der Waals surface area contributed by atoms with E-state index in [1.54, 1.807) is 0 Å². The van der Waals surface area contributed by atoms with Crippen LogP contribution in [0.15, 0.2) is 42.8 Å². The van der Waals surface area contributed by atoms with Crippen LogP contribution in [0.1, 0.15) is 38.7 Å². The Morgan fingerprint density at radius 1 is 1.36 bits per heavy atom. The van der Waals surface area contributed by atoms with Crippen molar-refractivity contribution >= 4 is 35.6 Å². The molecule has 1 heterocycles. The Kier molecular flexibility index (Phi) is 8.62. The summed E-state index contributed by atoms with van der Waals surface area (Å²) in [6.07, 6.45) is 6.21. The third-order valence-electron chi connectivity index (χ3n) is 4.65. The van der Waals surface area contributed by atoms with Crippen LogP contribution < -0.4 is 11.1 Å². The van der Waals surface area contributed by atoms with E-state index in [0.29, 0.717) is 22.5 Å². The SMILES string of the molecule is C=CC[C@@](CN)(CC[C@H]1NC(C(C)C)=CO1)c1ccc(Cl)c(Cl)c1.Cl. The molecular weight excluding hydrogens is 379 g/mol. The summed E-state index contributed by atoms with van der Waals surface area (Å²) in [6.45, 7) is 8.69. The van der Waals surface area contributed by atoms with E-state index in [-0.39, 0.29) is 24.0 Å². The zero-order valence-electron chi connectivity index (χ0n) is 14.7. The largest absolute Gasteiger partial charge is 0.477 e. The number of benzene rings is 1. The summed E-state index contributed by atoms with van der Waals surface area (Å²) in [7, 11) is 0. The van der Waals surface area contributed by atoms with Crippen molar-refractivity contribution in [2.75, 3.05) is 6.54 Å². The zero-order chi connectivity index (χ0) is 17.7. The minimum atomic E-state index is -0.221. The first-order chi connectivity index (χ1) is 11.4. The summed E-state index contributed by atoms with van der Waals surface area (Å²) >= 11 is 12.3. The van der Waals surface area contributed by atoms with Gasteiger partial charge in [-0.05, 0) is 36.5 Å². The molecule has 3 nitrogen and oxygen atoms in total. The number of ether oxygens (including phenoxy) is 1. The van der Waals surface area contributed by atoms with Crippen LogP contribution >= 0.6 is 35.6 Å². The lowest BCUT2D eigenvalue weighted by Crippen LogP contribution is -2.37. The lowest BCUT2D eigenvalue weighted by molar-refractivity contribution is 0.130. The second kappa shape index (κ2) is 9.72. The Hall–Kier alpha value is -0.870. The van der Waals surface area contributed by atoms with Crippen molar-refractivity contribution in [2.45, 2.75) is 44.8 Å². The molecule has 0 unspecified atom stereocenters. The van der Waals surface area contributed by atoms with Crippen molar-refractivity contribution in [3.63, 3.8) is 0 Å². The summed E-state index contributed by atoms with van der Waals surface area (Å²) in [5.41, 5.74) is 8.18. The van der Waals surface area contributed by atoms with Crippen molar-refractivity contribution in [3.05, 3.63) is 58.4 Å². The molecule has 0 radical (unpaired) electrons. The molecule has 25 heavy (non-hydrogen) atoms. The van der Waals surface area contributed by atoms with Crippen LogP contribution in [0.2, 0.25) is 10.0 Å². The van der Waals surface area contributed by atoms with Crippen LogP contribution in [0.3, 0.4) is 0 Å². The number of halogens is 3. The molecule has 1 aromatic carbocycles. The number of nitrogens with two attached hydrogens (primary N) is 1. The van der Waals surface area contributed by atoms with Gasteiger partial charge < -0.3 is 15.8 Å². The Morgan fingerprint density at radius 3 is 2.60 bits per heavy atom. The fraction of sp³-hybridized carbons (Fsp3) is 0.474. The van der Waals surface area contributed by atoms with Crippen LogP contribution in [0.5, 0.6) is 0 Å². The first kappa shape index (κ1) is 22.2. The second-order valence-electron chi connectivity index (χ2n) is 6.64. The van der Waals surface area contributed by atoms with Gasteiger partial charge in [-0.2, -0.15) is 0 Å². The maximum Gasteiger partial charge on any atom is 0.169 e. The van der Waals surface area contributed by atoms with Crippen LogP contribution in [-0.2, 0) is 10.2 Å². The molecule has 1 aromatic rings. The molecule has 1 aliphatic rings. The molecule has 2 rings (SSSR count). The number of rotatable bonds is 8. The van der Waals surface area contributed by atoms with Crippen molar-refractivity contribution in [1.82, 2.24) is 5.32 Å². The van der Waals surface area contributed by atoms with Gasteiger partial charge in [-0.25, -0.2) is 0 Å². The van der Waals surface area contributed by atoms with Gasteiger partial charge in [-0.1, -0.05) is 49.2 Å². The Bertz CT molecular complexity index is 619. The molecule has 2 atom stereocenters. The highest BCUT2D eigenvalue weighted by molar-refractivity contribution is 6.42. The number of hydrogen-bond acceptors (Lipinski definition) is 3. The highest BCUT2D eigenvalue weighted by Crippen LogP contribution is 2.37. The lowest BCUT2D eigenvalue weighted by atomic mass is 9.74. The van der Waals surface area contributed by atoms with Gasteiger partial charge in [0.15, 0.2) is 6.23 Å². The third-order valence-corrected chi connectivity index (χ3v) is 5.39. The smallest absolute Gasteiger partial charge is 0.169 e. The molecule has 6 heteroatoms. The quantitative estimate of drug-likeness (QED) is 0.568. The highest BCUT2D eigenvalue weighted by atomic mass is 35.5. The Morgan fingerprint density at radius 2 is 2.08 bits per heavy atom. The monoisotopic (exact) mass is 404 g/mol. The first-order valence-electron chi connectivity index (χ1n) is 8.30. The van der Waals surface area contributed by atoms with Crippen molar-refractivity contribution in [3.8, 4) is 0 Å². The fourth-order valence-corrected chi connectivity index (χ4v) is 3.33. The maximum absolute atomic E-state index is 6.21. The summed E-state index contributed by atoms with van der Waals surface area (Å²) in [5.74, 6) is 0.428. The lowest BCUT2D eigenvalue weighted by Gasteiger charge is -2.33. The number of hydrogen-bond donors (Lipinski definition) is 2. The van der Waals surface area contributed by atoms with Gasteiger partial charge in [-0.15, -0.1) is 19.0 Å². The second-order valence-corrected chi connectivity index (χ2v) is 7.46. The molecule has 140 valence electrons. The fourth-order valence-electron chi connectivity index (χ4n) is 3.03. The van der Waals surface area contributed by atoms with Crippen LogP contribution in [0, 0.1) is 5.92 Å². The normalized spacial score (nSPS) is 18.6. The molecule has 0 aromatic heterocycles. The standard InChI is InChI=1S/C19H26Cl2N2O.ClH/c1-4-8-19(12-22,14-5-6-15(20)16(21)10-14)9-7-18-23-17(11-24-18)13(2)3;/h4-6,10-11,13,18,23H,1,7-9,12,22H2,2-3H3;1H/t18-,19-;/m0./s1. The highest BCUT2D eigenvalue weighted by Gasteiger charge is 2.32. The molecule has 0 aliphatic carbocycles. The van der Waals surface area contributed by atoms with Gasteiger partial charge in [0.2, 0.25) is 0 Å². The molecule has 0 spiro atoms. The Labute approximate surface area is 167 Å². The van der Waals surface area contributed by atoms with Crippen molar-refractivity contribution < 1.29 is 4.74 Å². The number of allylic oxidation sites excluding steroid dienone is 2. The summed E-state index contributed by atoms with van der Waals surface area (Å²) < 4.78 is 5.74. The van der Waals surface area contributed by atoms with E-state index in [9.17, 15) is 0 Å². The van der Waals surface area contributed by atoms with E-state index in [1.807, 2.05) is 30.5 Å². The van der Waals surface area contributed by atoms with Crippen LogP contribution in [0.4, 0.5) is 0 Å².